The highest BCUT2D eigenvalue weighted by molar-refractivity contribution is 5.70. The second kappa shape index (κ2) is 41.3. The summed E-state index contributed by atoms with van der Waals surface area (Å²) >= 11 is 0. The first kappa shape index (κ1) is 51.1. The predicted molar refractivity (Wildman–Crippen MR) is 227 cm³/mol. The van der Waals surface area contributed by atoms with Gasteiger partial charge in [0, 0.05) is 19.4 Å². The number of nitrogens with zero attached hydrogens (tertiary/aromatic N) is 2. The average molecular weight is 759 g/mol. The van der Waals surface area contributed by atoms with Gasteiger partial charge in [-0.25, -0.2) is 4.79 Å². The molecule has 0 aliphatic heterocycles. The van der Waals surface area contributed by atoms with Gasteiger partial charge in [-0.05, 0) is 97.6 Å². The average Bonchev–Trinajstić information content (AvgIpc) is 3.15. The third-order valence-corrected chi connectivity index (χ3v) is 9.14. The zero-order valence-corrected chi connectivity index (χ0v) is 35.4. The molecule has 0 saturated heterocycles. The highest BCUT2D eigenvalue weighted by atomic mass is 16.6. The first-order valence-electron chi connectivity index (χ1n) is 21.9. The highest BCUT2D eigenvalue weighted by Gasteiger charge is 2.17. The Kier molecular flexibility index (Phi) is 39.1. The van der Waals surface area contributed by atoms with Crippen LogP contribution in [0.15, 0.2) is 48.6 Å². The Morgan fingerprint density at radius 1 is 0.426 bits per heavy atom. The fourth-order valence-corrected chi connectivity index (χ4v) is 5.77. The molecule has 0 atom stereocenters. The fourth-order valence-electron chi connectivity index (χ4n) is 5.77. The molecule has 0 N–H and O–H groups in total. The van der Waals surface area contributed by atoms with Crippen LogP contribution in [-0.2, 0) is 23.8 Å². The Labute approximate surface area is 332 Å². The maximum Gasteiger partial charge on any atom is 0.409 e. The summed E-state index contributed by atoms with van der Waals surface area (Å²) in [5.41, 5.74) is 0. The van der Waals surface area contributed by atoms with Crippen LogP contribution in [0.1, 0.15) is 174 Å². The molecule has 312 valence electrons. The summed E-state index contributed by atoms with van der Waals surface area (Å²) in [6.07, 6.45) is 44.1. The van der Waals surface area contributed by atoms with E-state index in [1.165, 1.54) is 81.9 Å². The highest BCUT2D eigenvalue weighted by Crippen LogP contribution is 2.11. The van der Waals surface area contributed by atoms with Crippen molar-refractivity contribution in [1.82, 2.24) is 9.80 Å². The Morgan fingerprint density at radius 2 is 0.815 bits per heavy atom. The molecule has 0 aromatic carbocycles. The maximum absolute atomic E-state index is 12.8. The largest absolute Gasteiger partial charge is 0.464 e. The van der Waals surface area contributed by atoms with Crippen LogP contribution in [0.5, 0.6) is 0 Å². The van der Waals surface area contributed by atoms with Gasteiger partial charge in [0.1, 0.15) is 13.2 Å². The minimum atomic E-state index is -0.483. The molecule has 0 heterocycles. The lowest BCUT2D eigenvalue weighted by Crippen LogP contribution is -2.38. The Hall–Kier alpha value is -2.87. The van der Waals surface area contributed by atoms with E-state index in [9.17, 15) is 14.4 Å². The second-order valence-corrected chi connectivity index (χ2v) is 14.7. The molecular formula is C46H82N2O6. The van der Waals surface area contributed by atoms with E-state index in [0.717, 1.165) is 77.2 Å². The van der Waals surface area contributed by atoms with E-state index in [1.807, 2.05) is 19.0 Å². The molecule has 0 unspecified atom stereocenters. The molecule has 0 aromatic rings. The molecule has 0 aliphatic rings. The molecule has 8 nitrogen and oxygen atoms in total. The number of unbranched alkanes of at least 4 members (excludes halogenated alkanes) is 16. The van der Waals surface area contributed by atoms with E-state index in [1.54, 1.807) is 0 Å². The van der Waals surface area contributed by atoms with Gasteiger partial charge in [0.15, 0.2) is 0 Å². The topological polar surface area (TPSA) is 85.4 Å². The quantitative estimate of drug-likeness (QED) is 0.0268. The zero-order valence-electron chi connectivity index (χ0n) is 35.4. The van der Waals surface area contributed by atoms with Gasteiger partial charge in [-0.3, -0.25) is 9.59 Å². The summed E-state index contributed by atoms with van der Waals surface area (Å²) in [6, 6.07) is 0. The van der Waals surface area contributed by atoms with Crippen molar-refractivity contribution in [2.45, 2.75) is 174 Å². The number of hydrogen-bond acceptors (Lipinski definition) is 7. The van der Waals surface area contributed by atoms with Crippen LogP contribution in [0.2, 0.25) is 0 Å². The van der Waals surface area contributed by atoms with Crippen molar-refractivity contribution >= 4 is 18.0 Å². The van der Waals surface area contributed by atoms with E-state index < -0.39 is 6.09 Å². The molecule has 0 bridgehead atoms. The maximum atomic E-state index is 12.8. The smallest absolute Gasteiger partial charge is 0.409 e. The lowest BCUT2D eigenvalue weighted by molar-refractivity contribution is -0.144. The molecule has 0 radical (unpaired) electrons. The van der Waals surface area contributed by atoms with Gasteiger partial charge in [0.05, 0.1) is 19.7 Å². The van der Waals surface area contributed by atoms with Crippen LogP contribution in [0.25, 0.3) is 0 Å². The monoisotopic (exact) mass is 759 g/mol. The van der Waals surface area contributed by atoms with E-state index in [-0.39, 0.29) is 38.2 Å². The number of carbonyl (C=O) groups is 3. The number of ether oxygens (including phenoxy) is 3. The van der Waals surface area contributed by atoms with Gasteiger partial charge in [-0.15, -0.1) is 0 Å². The van der Waals surface area contributed by atoms with Gasteiger partial charge in [0.25, 0.3) is 0 Å². The first-order chi connectivity index (χ1) is 26.4. The molecular weight excluding hydrogens is 677 g/mol. The second-order valence-electron chi connectivity index (χ2n) is 14.7. The minimum absolute atomic E-state index is 0.0891. The SMILES string of the molecule is CCCCC/C=C\C/C=C\CCCCCCCC(=O)OCCN(CCOC(=O)CCCCCCC/C=C\C/C=C\CCCCC)C(=O)OCCCN(C)C. The van der Waals surface area contributed by atoms with E-state index in [4.69, 9.17) is 14.2 Å². The van der Waals surface area contributed by atoms with Crippen LogP contribution in [0.4, 0.5) is 4.79 Å². The number of carbonyl (C=O) groups excluding carboxylic acids is 3. The number of rotatable bonds is 38. The number of amides is 1. The molecule has 0 rings (SSSR count). The lowest BCUT2D eigenvalue weighted by Gasteiger charge is -2.22. The normalized spacial score (nSPS) is 11.9. The fraction of sp³-hybridized carbons (Fsp3) is 0.761. The number of hydrogen-bond donors (Lipinski definition) is 0. The Balaban J connectivity index is 4.16. The first-order valence-corrected chi connectivity index (χ1v) is 21.9. The van der Waals surface area contributed by atoms with Gasteiger partial charge in [-0.1, -0.05) is 127 Å². The summed E-state index contributed by atoms with van der Waals surface area (Å²) in [5.74, 6) is -0.493. The van der Waals surface area contributed by atoms with Crippen molar-refractivity contribution in [1.29, 1.82) is 0 Å². The van der Waals surface area contributed by atoms with Crippen LogP contribution in [0.3, 0.4) is 0 Å². The third kappa shape index (κ3) is 38.8. The van der Waals surface area contributed by atoms with E-state index in [0.29, 0.717) is 19.4 Å². The standard InChI is InChI=1S/C46H82N2O6/c1-5-7-9-11-13-15-17-19-21-23-25-27-29-31-33-36-44(49)52-42-39-48(46(51)54-41-35-38-47(3)4)40-43-53-45(50)37-34-32-30-28-26-24-22-20-18-16-14-12-10-8-6-2/h13-16,19-22H,5-12,17-18,23-43H2,1-4H3/b15-13-,16-14-,21-19-,22-20-. The summed E-state index contributed by atoms with van der Waals surface area (Å²) in [4.78, 5) is 41.0. The summed E-state index contributed by atoms with van der Waals surface area (Å²) in [6.45, 7) is 6.15. The van der Waals surface area contributed by atoms with Gasteiger partial charge >= 0.3 is 18.0 Å². The van der Waals surface area contributed by atoms with Crippen molar-refractivity contribution in [3.05, 3.63) is 48.6 Å². The Morgan fingerprint density at radius 3 is 1.22 bits per heavy atom. The predicted octanol–water partition coefficient (Wildman–Crippen LogP) is 12.1. The molecule has 0 fully saturated rings. The van der Waals surface area contributed by atoms with Crippen molar-refractivity contribution in [2.24, 2.45) is 0 Å². The van der Waals surface area contributed by atoms with Crippen molar-refractivity contribution < 1.29 is 28.6 Å². The minimum Gasteiger partial charge on any atom is -0.464 e. The van der Waals surface area contributed by atoms with Crippen LogP contribution >= 0.6 is 0 Å². The van der Waals surface area contributed by atoms with E-state index >= 15 is 0 Å². The molecule has 1 amide bonds. The summed E-state index contributed by atoms with van der Waals surface area (Å²) < 4.78 is 16.3. The number of allylic oxidation sites excluding steroid dienone is 8. The molecule has 8 heteroatoms. The lowest BCUT2D eigenvalue weighted by atomic mass is 10.1. The van der Waals surface area contributed by atoms with Crippen molar-refractivity contribution in [2.75, 3.05) is 53.6 Å². The van der Waals surface area contributed by atoms with Crippen LogP contribution in [-0.4, -0.2) is 81.4 Å². The molecule has 54 heavy (non-hydrogen) atoms. The van der Waals surface area contributed by atoms with Crippen molar-refractivity contribution in [3.63, 3.8) is 0 Å². The van der Waals surface area contributed by atoms with Gasteiger partial charge in [0.2, 0.25) is 0 Å². The molecule has 0 aliphatic carbocycles. The van der Waals surface area contributed by atoms with Gasteiger partial charge in [-0.2, -0.15) is 0 Å². The Bertz CT molecular complexity index is 926. The molecule has 0 saturated carbocycles. The van der Waals surface area contributed by atoms with Crippen LogP contribution in [0, 0.1) is 0 Å². The van der Waals surface area contributed by atoms with Gasteiger partial charge < -0.3 is 24.0 Å². The molecule has 0 aromatic heterocycles. The zero-order chi connectivity index (χ0) is 39.6. The van der Waals surface area contributed by atoms with E-state index in [2.05, 4.69) is 62.5 Å². The van der Waals surface area contributed by atoms with Crippen molar-refractivity contribution in [3.8, 4) is 0 Å². The summed E-state index contributed by atoms with van der Waals surface area (Å²) in [7, 11) is 3.95. The molecule has 0 spiro atoms. The van der Waals surface area contributed by atoms with Crippen LogP contribution < -0.4 is 0 Å². The third-order valence-electron chi connectivity index (χ3n) is 9.14. The number of esters is 2. The summed E-state index contributed by atoms with van der Waals surface area (Å²) in [5, 5.41) is 0.